The average molecular weight is 328 g/mol. The van der Waals surface area contributed by atoms with Crippen molar-refractivity contribution in [2.45, 2.75) is 19.8 Å². The third-order valence-electron chi connectivity index (χ3n) is 4.14. The van der Waals surface area contributed by atoms with Gasteiger partial charge in [0.15, 0.2) is 22.8 Å². The maximum absolute atomic E-state index is 10.3. The van der Waals surface area contributed by atoms with Crippen molar-refractivity contribution in [1.29, 1.82) is 0 Å². The molecule has 0 bridgehead atoms. The molecular formula is C19H20O5. The van der Waals surface area contributed by atoms with E-state index in [1.807, 2.05) is 13.0 Å². The SMILES string of the molecule is COc1cc(-c2oc3c(O)cc(CCCO)cc3c2C)ccc1O. The zero-order valence-corrected chi connectivity index (χ0v) is 13.7. The van der Waals surface area contributed by atoms with Crippen molar-refractivity contribution in [2.75, 3.05) is 13.7 Å². The number of fused-ring (bicyclic) bond motifs is 1. The number of phenols is 2. The van der Waals surface area contributed by atoms with Gasteiger partial charge in [-0.2, -0.15) is 0 Å². The molecule has 0 fully saturated rings. The molecule has 1 aromatic heterocycles. The molecule has 0 unspecified atom stereocenters. The summed E-state index contributed by atoms with van der Waals surface area (Å²) in [5.41, 5.74) is 3.05. The van der Waals surface area contributed by atoms with Crippen LogP contribution in [0.15, 0.2) is 34.7 Å². The van der Waals surface area contributed by atoms with Gasteiger partial charge in [0, 0.05) is 23.1 Å². The van der Waals surface area contributed by atoms with E-state index in [0.29, 0.717) is 29.9 Å². The third-order valence-corrected chi connectivity index (χ3v) is 4.14. The second kappa shape index (κ2) is 6.45. The van der Waals surface area contributed by atoms with Crippen LogP contribution in [-0.2, 0) is 6.42 Å². The van der Waals surface area contributed by atoms with Gasteiger partial charge in [0.2, 0.25) is 0 Å². The van der Waals surface area contributed by atoms with Crippen LogP contribution in [0.3, 0.4) is 0 Å². The Balaban J connectivity index is 2.13. The van der Waals surface area contributed by atoms with E-state index in [2.05, 4.69) is 0 Å². The fraction of sp³-hybridized carbons (Fsp3) is 0.263. The Hall–Kier alpha value is -2.66. The largest absolute Gasteiger partial charge is 0.504 e. The first kappa shape index (κ1) is 16.2. The van der Waals surface area contributed by atoms with E-state index in [0.717, 1.165) is 22.1 Å². The van der Waals surface area contributed by atoms with Crippen molar-refractivity contribution in [2.24, 2.45) is 0 Å². The fourth-order valence-electron chi connectivity index (χ4n) is 2.88. The standard InChI is InChI=1S/C19H20O5/c1-11-14-8-12(4-3-7-20)9-16(22)19(14)24-18(11)13-5-6-15(21)17(10-13)23-2/h5-6,8-10,20-22H,3-4,7H2,1-2H3. The highest BCUT2D eigenvalue weighted by Crippen LogP contribution is 2.40. The lowest BCUT2D eigenvalue weighted by atomic mass is 10.0. The zero-order chi connectivity index (χ0) is 17.3. The number of benzene rings is 2. The summed E-state index contributed by atoms with van der Waals surface area (Å²) in [5, 5.41) is 29.8. The number of phenolic OH excluding ortho intramolecular Hbond substituents is 2. The number of aliphatic hydroxyl groups is 1. The minimum atomic E-state index is 0.0594. The number of rotatable bonds is 5. The molecule has 0 aliphatic heterocycles. The topological polar surface area (TPSA) is 83.1 Å². The smallest absolute Gasteiger partial charge is 0.176 e. The zero-order valence-electron chi connectivity index (χ0n) is 13.7. The predicted octanol–water partition coefficient (Wildman–Crippen LogP) is 3.75. The molecule has 0 atom stereocenters. The second-order valence-corrected chi connectivity index (χ2v) is 5.76. The molecule has 0 radical (unpaired) electrons. The maximum atomic E-state index is 10.3. The van der Waals surface area contributed by atoms with Crippen molar-refractivity contribution in [1.82, 2.24) is 0 Å². The number of hydrogen-bond donors (Lipinski definition) is 3. The summed E-state index contributed by atoms with van der Waals surface area (Å²) < 4.78 is 11.0. The van der Waals surface area contributed by atoms with Crippen LogP contribution in [0.2, 0.25) is 0 Å². The monoisotopic (exact) mass is 328 g/mol. The molecule has 5 nitrogen and oxygen atoms in total. The minimum absolute atomic E-state index is 0.0594. The molecular weight excluding hydrogens is 308 g/mol. The molecule has 3 rings (SSSR count). The van der Waals surface area contributed by atoms with E-state index in [1.165, 1.54) is 7.11 Å². The number of aromatic hydroxyl groups is 2. The van der Waals surface area contributed by atoms with Crippen molar-refractivity contribution < 1.29 is 24.5 Å². The summed E-state index contributed by atoms with van der Waals surface area (Å²) >= 11 is 0. The number of aliphatic hydroxyl groups excluding tert-OH is 1. The molecule has 0 saturated carbocycles. The molecule has 2 aromatic carbocycles. The van der Waals surface area contributed by atoms with Gasteiger partial charge in [-0.1, -0.05) is 0 Å². The highest BCUT2D eigenvalue weighted by Gasteiger charge is 2.17. The predicted molar refractivity (Wildman–Crippen MR) is 91.7 cm³/mol. The van der Waals surface area contributed by atoms with Gasteiger partial charge in [0.1, 0.15) is 5.76 Å². The van der Waals surface area contributed by atoms with Gasteiger partial charge in [-0.25, -0.2) is 0 Å². The Morgan fingerprint density at radius 2 is 1.88 bits per heavy atom. The summed E-state index contributed by atoms with van der Waals surface area (Å²) in [6.07, 6.45) is 1.33. The third kappa shape index (κ3) is 2.78. The molecule has 3 N–H and O–H groups in total. The number of aryl methyl sites for hydroxylation is 2. The lowest BCUT2D eigenvalue weighted by Gasteiger charge is -2.05. The Morgan fingerprint density at radius 1 is 1.08 bits per heavy atom. The Kier molecular flexibility index (Phi) is 4.36. The minimum Gasteiger partial charge on any atom is -0.504 e. The van der Waals surface area contributed by atoms with Crippen LogP contribution in [0.5, 0.6) is 17.2 Å². The number of methoxy groups -OCH3 is 1. The van der Waals surface area contributed by atoms with E-state index in [9.17, 15) is 10.2 Å². The van der Waals surface area contributed by atoms with Crippen molar-refractivity contribution >= 4 is 11.0 Å². The van der Waals surface area contributed by atoms with Crippen molar-refractivity contribution in [3.8, 4) is 28.6 Å². The fourth-order valence-corrected chi connectivity index (χ4v) is 2.88. The van der Waals surface area contributed by atoms with Crippen molar-refractivity contribution in [3.05, 3.63) is 41.5 Å². The molecule has 24 heavy (non-hydrogen) atoms. The number of furan rings is 1. The molecule has 0 saturated heterocycles. The van der Waals surface area contributed by atoms with Crippen LogP contribution >= 0.6 is 0 Å². The van der Waals surface area contributed by atoms with Gasteiger partial charge in [-0.05, 0) is 55.7 Å². The molecule has 0 spiro atoms. The van der Waals surface area contributed by atoms with Gasteiger partial charge < -0.3 is 24.5 Å². The van der Waals surface area contributed by atoms with Crippen LogP contribution in [0, 0.1) is 6.92 Å². The van der Waals surface area contributed by atoms with Gasteiger partial charge in [-0.15, -0.1) is 0 Å². The Morgan fingerprint density at radius 3 is 2.58 bits per heavy atom. The lowest BCUT2D eigenvalue weighted by molar-refractivity contribution is 0.288. The molecule has 5 heteroatoms. The van der Waals surface area contributed by atoms with E-state index in [-0.39, 0.29) is 18.1 Å². The first-order chi connectivity index (χ1) is 11.5. The summed E-state index contributed by atoms with van der Waals surface area (Å²) in [5.74, 6) is 1.13. The molecule has 1 heterocycles. The molecule has 0 aliphatic carbocycles. The van der Waals surface area contributed by atoms with Gasteiger partial charge in [-0.3, -0.25) is 0 Å². The van der Waals surface area contributed by atoms with Crippen molar-refractivity contribution in [3.63, 3.8) is 0 Å². The van der Waals surface area contributed by atoms with Crippen LogP contribution in [0.25, 0.3) is 22.3 Å². The van der Waals surface area contributed by atoms with Crippen LogP contribution in [0.1, 0.15) is 17.5 Å². The van der Waals surface area contributed by atoms with E-state index in [1.54, 1.807) is 24.3 Å². The summed E-state index contributed by atoms with van der Waals surface area (Å²) in [7, 11) is 1.49. The number of ether oxygens (including phenoxy) is 1. The lowest BCUT2D eigenvalue weighted by Crippen LogP contribution is -1.89. The molecule has 3 aromatic rings. The summed E-state index contributed by atoms with van der Waals surface area (Å²) in [6.45, 7) is 2.04. The summed E-state index contributed by atoms with van der Waals surface area (Å²) in [4.78, 5) is 0. The molecule has 0 aliphatic rings. The molecule has 0 amide bonds. The van der Waals surface area contributed by atoms with Gasteiger partial charge >= 0.3 is 0 Å². The van der Waals surface area contributed by atoms with E-state index in [4.69, 9.17) is 14.3 Å². The van der Waals surface area contributed by atoms with E-state index < -0.39 is 0 Å². The second-order valence-electron chi connectivity index (χ2n) is 5.76. The molecule has 126 valence electrons. The first-order valence-electron chi connectivity index (χ1n) is 7.78. The van der Waals surface area contributed by atoms with Crippen LogP contribution < -0.4 is 4.74 Å². The quantitative estimate of drug-likeness (QED) is 0.664. The maximum Gasteiger partial charge on any atom is 0.176 e. The highest BCUT2D eigenvalue weighted by atomic mass is 16.5. The Bertz CT molecular complexity index is 879. The van der Waals surface area contributed by atoms with Gasteiger partial charge in [0.05, 0.1) is 7.11 Å². The number of hydrogen-bond acceptors (Lipinski definition) is 5. The Labute approximate surface area is 139 Å². The van der Waals surface area contributed by atoms with Crippen LogP contribution in [0.4, 0.5) is 0 Å². The average Bonchev–Trinajstić information content (AvgIpc) is 2.91. The summed E-state index contributed by atoms with van der Waals surface area (Å²) in [6, 6.07) is 8.64. The normalized spacial score (nSPS) is 11.1. The first-order valence-corrected chi connectivity index (χ1v) is 7.78. The van der Waals surface area contributed by atoms with Gasteiger partial charge in [0.25, 0.3) is 0 Å². The van der Waals surface area contributed by atoms with E-state index >= 15 is 0 Å². The van der Waals surface area contributed by atoms with Crippen LogP contribution in [-0.4, -0.2) is 29.0 Å². The highest BCUT2D eigenvalue weighted by molar-refractivity contribution is 5.92.